The zero-order chi connectivity index (χ0) is 20.4. The second kappa shape index (κ2) is 7.90. The lowest BCUT2D eigenvalue weighted by atomic mass is 10.0. The quantitative estimate of drug-likeness (QED) is 0.719. The largest absolute Gasteiger partial charge is 0.466 e. The Morgan fingerprint density at radius 3 is 2.76 bits per heavy atom. The predicted molar refractivity (Wildman–Crippen MR) is 111 cm³/mol. The first kappa shape index (κ1) is 18.9. The molecule has 3 aromatic rings. The summed E-state index contributed by atoms with van der Waals surface area (Å²) in [4.78, 5) is 14.5. The highest BCUT2D eigenvalue weighted by atomic mass is 16.5. The molecule has 0 saturated heterocycles. The normalized spacial score (nSPS) is 13.1. The van der Waals surface area contributed by atoms with E-state index in [0.29, 0.717) is 5.82 Å². The summed E-state index contributed by atoms with van der Waals surface area (Å²) in [6.45, 7) is 4.77. The van der Waals surface area contributed by atoms with Gasteiger partial charge in [0.15, 0.2) is 12.4 Å². The van der Waals surface area contributed by atoms with E-state index < -0.39 is 0 Å². The number of ether oxygens (including phenoxy) is 1. The molecule has 4 rings (SSSR count). The van der Waals surface area contributed by atoms with Crippen molar-refractivity contribution in [1.29, 1.82) is 0 Å². The maximum Gasteiger partial charge on any atom is 0.262 e. The molecule has 0 spiro atoms. The Labute approximate surface area is 169 Å². The molecule has 0 bridgehead atoms. The number of nitrogens with zero attached hydrogens (tertiary/aromatic N) is 5. The third-order valence-electron chi connectivity index (χ3n) is 4.92. The number of amides is 1. The lowest BCUT2D eigenvalue weighted by Gasteiger charge is -2.28. The van der Waals surface area contributed by atoms with Crippen LogP contribution in [0.2, 0.25) is 0 Å². The van der Waals surface area contributed by atoms with Gasteiger partial charge in [0.05, 0.1) is 5.69 Å². The molecular weight excluding hydrogens is 368 g/mol. The van der Waals surface area contributed by atoms with E-state index in [1.54, 1.807) is 16.8 Å². The van der Waals surface area contributed by atoms with E-state index in [-0.39, 0.29) is 18.4 Å². The molecule has 0 aliphatic carbocycles. The van der Waals surface area contributed by atoms with E-state index in [0.717, 1.165) is 36.5 Å². The Balaban J connectivity index is 1.35. The minimum absolute atomic E-state index is 0.138. The Morgan fingerprint density at radius 1 is 1.17 bits per heavy atom. The van der Waals surface area contributed by atoms with Crippen LogP contribution in [0.25, 0.3) is 5.82 Å². The highest BCUT2D eigenvalue weighted by Crippen LogP contribution is 2.28. The topological polar surface area (TPSA) is 85.2 Å². The van der Waals surface area contributed by atoms with Crippen LogP contribution in [0.4, 0.5) is 11.4 Å². The Kier molecular flexibility index (Phi) is 5.16. The molecule has 1 amide bonds. The van der Waals surface area contributed by atoms with Gasteiger partial charge in [-0.2, -0.15) is 5.10 Å². The zero-order valence-electron chi connectivity index (χ0n) is 16.8. The van der Waals surface area contributed by atoms with Crippen molar-refractivity contribution in [3.63, 3.8) is 0 Å². The summed E-state index contributed by atoms with van der Waals surface area (Å²) in [5, 5.41) is 15.4. The number of benzene rings is 1. The smallest absolute Gasteiger partial charge is 0.262 e. The van der Waals surface area contributed by atoms with Gasteiger partial charge >= 0.3 is 0 Å². The molecule has 0 fully saturated rings. The van der Waals surface area contributed by atoms with Gasteiger partial charge in [-0.1, -0.05) is 6.07 Å². The second-order valence-electron chi connectivity index (χ2n) is 7.27. The van der Waals surface area contributed by atoms with Gasteiger partial charge in [0.25, 0.3) is 5.91 Å². The molecule has 0 atom stereocenters. The molecule has 29 heavy (non-hydrogen) atoms. The number of anilines is 2. The summed E-state index contributed by atoms with van der Waals surface area (Å²) in [5.41, 5.74) is 5.12. The van der Waals surface area contributed by atoms with E-state index in [4.69, 9.17) is 4.74 Å². The van der Waals surface area contributed by atoms with Crippen LogP contribution in [0.3, 0.4) is 0 Å². The van der Waals surface area contributed by atoms with Crippen molar-refractivity contribution in [2.45, 2.75) is 26.7 Å². The number of carbonyl (C=O) groups is 1. The summed E-state index contributed by atoms with van der Waals surface area (Å²) in [6, 6.07) is 11.4. The van der Waals surface area contributed by atoms with Gasteiger partial charge in [-0.3, -0.25) is 4.79 Å². The van der Waals surface area contributed by atoms with Gasteiger partial charge < -0.3 is 15.0 Å². The van der Waals surface area contributed by atoms with Crippen LogP contribution < -0.4 is 15.0 Å². The molecule has 150 valence electrons. The molecule has 1 aromatic carbocycles. The molecule has 8 nitrogen and oxygen atoms in total. The first-order chi connectivity index (χ1) is 14.0. The number of fused-ring (bicyclic) bond motifs is 1. The molecular formula is C21H24N6O2. The lowest BCUT2D eigenvalue weighted by Crippen LogP contribution is -2.25. The minimum atomic E-state index is -0.243. The van der Waals surface area contributed by atoms with Crippen molar-refractivity contribution in [2.24, 2.45) is 0 Å². The first-order valence-corrected chi connectivity index (χ1v) is 9.64. The van der Waals surface area contributed by atoms with Gasteiger partial charge in [-0.25, -0.2) is 4.68 Å². The fraction of sp³-hybridized carbons (Fsp3) is 0.333. The van der Waals surface area contributed by atoms with Gasteiger partial charge in [-0.05, 0) is 56.5 Å². The van der Waals surface area contributed by atoms with Gasteiger partial charge in [-0.15, -0.1) is 10.2 Å². The van der Waals surface area contributed by atoms with Crippen LogP contribution in [-0.4, -0.2) is 46.1 Å². The fourth-order valence-corrected chi connectivity index (χ4v) is 3.54. The Hall–Kier alpha value is -3.42. The number of aromatic nitrogens is 4. The molecule has 0 radical (unpaired) electrons. The Bertz CT molecular complexity index is 1030. The number of hydrogen-bond donors (Lipinski definition) is 1. The monoisotopic (exact) mass is 392 g/mol. The van der Waals surface area contributed by atoms with Crippen molar-refractivity contribution in [3.8, 4) is 11.7 Å². The van der Waals surface area contributed by atoms with Crippen LogP contribution in [-0.2, 0) is 11.2 Å². The molecule has 0 saturated carbocycles. The van der Waals surface area contributed by atoms with Crippen LogP contribution in [0.1, 0.15) is 23.4 Å². The fourth-order valence-electron chi connectivity index (χ4n) is 3.54. The summed E-state index contributed by atoms with van der Waals surface area (Å²) < 4.78 is 7.19. The van der Waals surface area contributed by atoms with Crippen molar-refractivity contribution < 1.29 is 9.53 Å². The number of carbonyl (C=O) groups excluding carboxylic acids is 1. The van der Waals surface area contributed by atoms with E-state index in [1.807, 2.05) is 32.0 Å². The van der Waals surface area contributed by atoms with E-state index in [2.05, 4.69) is 38.6 Å². The van der Waals surface area contributed by atoms with Crippen molar-refractivity contribution in [2.75, 3.05) is 30.4 Å². The summed E-state index contributed by atoms with van der Waals surface area (Å²) in [7, 11) is 2.07. The summed E-state index contributed by atoms with van der Waals surface area (Å²) >= 11 is 0. The van der Waals surface area contributed by atoms with Crippen LogP contribution in [0.15, 0.2) is 36.4 Å². The number of rotatable bonds is 5. The van der Waals surface area contributed by atoms with Gasteiger partial charge in [0.2, 0.25) is 5.88 Å². The molecule has 1 aliphatic heterocycles. The minimum Gasteiger partial charge on any atom is -0.466 e. The lowest BCUT2D eigenvalue weighted by molar-refractivity contribution is -0.118. The summed E-state index contributed by atoms with van der Waals surface area (Å²) in [6.07, 6.45) is 2.23. The third-order valence-corrected chi connectivity index (χ3v) is 4.92. The molecule has 1 N–H and O–H groups in total. The third kappa shape index (κ3) is 4.21. The molecule has 1 aliphatic rings. The maximum atomic E-state index is 12.3. The van der Waals surface area contributed by atoms with E-state index in [9.17, 15) is 4.79 Å². The van der Waals surface area contributed by atoms with Crippen molar-refractivity contribution in [1.82, 2.24) is 20.0 Å². The van der Waals surface area contributed by atoms with E-state index in [1.165, 1.54) is 11.3 Å². The second-order valence-corrected chi connectivity index (χ2v) is 7.27. The van der Waals surface area contributed by atoms with Crippen molar-refractivity contribution >= 4 is 17.3 Å². The predicted octanol–water partition coefficient (Wildman–Crippen LogP) is 2.68. The highest BCUT2D eigenvalue weighted by molar-refractivity contribution is 5.92. The number of hydrogen-bond acceptors (Lipinski definition) is 6. The SMILES string of the molecule is Cc1cc(C)n(-c2ccc(OCC(=O)Nc3ccc4c(c3)N(C)CCC4)nn2)n1. The maximum absolute atomic E-state index is 12.3. The average molecular weight is 392 g/mol. The Morgan fingerprint density at radius 2 is 2.03 bits per heavy atom. The molecule has 2 aromatic heterocycles. The van der Waals surface area contributed by atoms with Crippen LogP contribution >= 0.6 is 0 Å². The van der Waals surface area contributed by atoms with Crippen LogP contribution in [0, 0.1) is 13.8 Å². The summed E-state index contributed by atoms with van der Waals surface area (Å²) in [5.74, 6) is 0.647. The van der Waals surface area contributed by atoms with Gasteiger partial charge in [0, 0.05) is 36.7 Å². The molecule has 3 heterocycles. The standard InChI is InChI=1S/C21H24N6O2/c1-14-11-15(2)27(25-14)19-8-9-21(24-23-19)29-13-20(28)22-17-7-6-16-5-4-10-26(3)18(16)12-17/h6-9,11-12H,4-5,10,13H2,1-3H3,(H,22,28). The zero-order valence-corrected chi connectivity index (χ0v) is 16.8. The van der Waals surface area contributed by atoms with Gasteiger partial charge in [0.1, 0.15) is 0 Å². The van der Waals surface area contributed by atoms with Crippen molar-refractivity contribution in [3.05, 3.63) is 53.3 Å². The van der Waals surface area contributed by atoms with Crippen LogP contribution in [0.5, 0.6) is 5.88 Å². The van der Waals surface area contributed by atoms with E-state index >= 15 is 0 Å². The number of aryl methyl sites for hydroxylation is 3. The first-order valence-electron chi connectivity index (χ1n) is 9.64. The molecule has 0 unspecified atom stereocenters. The average Bonchev–Trinajstić information content (AvgIpc) is 3.05. The number of nitrogens with one attached hydrogen (secondary N) is 1. The molecule has 8 heteroatoms. The highest BCUT2D eigenvalue weighted by Gasteiger charge is 2.15.